The van der Waals surface area contributed by atoms with E-state index in [0.717, 1.165) is 55.7 Å². The highest BCUT2D eigenvalue weighted by Gasteiger charge is 2.25. The second kappa shape index (κ2) is 12.8. The van der Waals surface area contributed by atoms with Crippen molar-refractivity contribution in [1.29, 1.82) is 0 Å². The summed E-state index contributed by atoms with van der Waals surface area (Å²) in [5.74, 6) is 2.35. The molecule has 160 valence electrons. The molecule has 1 saturated heterocycles. The monoisotopic (exact) mass is 513 g/mol. The van der Waals surface area contributed by atoms with Crippen LogP contribution in [0.15, 0.2) is 41.5 Å². The first-order valence-corrected chi connectivity index (χ1v) is 9.99. The van der Waals surface area contributed by atoms with E-state index >= 15 is 0 Å². The summed E-state index contributed by atoms with van der Waals surface area (Å²) in [6.45, 7) is 7.51. The number of halogens is 1. The van der Waals surface area contributed by atoms with Gasteiger partial charge in [-0.1, -0.05) is 30.3 Å². The summed E-state index contributed by atoms with van der Waals surface area (Å²) in [5.41, 5.74) is 2.15. The first-order chi connectivity index (χ1) is 13.8. The number of benzene rings is 1. The van der Waals surface area contributed by atoms with Crippen molar-refractivity contribution in [2.45, 2.75) is 19.9 Å². The molecule has 0 amide bonds. The molecule has 2 N–H and O–H groups in total. The SMILES string of the molecule is CCNC(=NCc1ncc(-c2ccccc2)[nH]1)N1CCC(COCCOC)C1.I. The van der Waals surface area contributed by atoms with Crippen LogP contribution in [0.2, 0.25) is 0 Å². The number of nitrogens with zero attached hydrogens (tertiary/aromatic N) is 3. The third kappa shape index (κ3) is 7.27. The number of hydrogen-bond acceptors (Lipinski definition) is 4. The molecule has 29 heavy (non-hydrogen) atoms. The molecule has 0 spiro atoms. The summed E-state index contributed by atoms with van der Waals surface area (Å²) >= 11 is 0. The Balaban J connectivity index is 0.00000300. The molecule has 8 heteroatoms. The molecule has 1 aliphatic rings. The minimum Gasteiger partial charge on any atom is -0.382 e. The van der Waals surface area contributed by atoms with Crippen molar-refractivity contribution in [3.05, 3.63) is 42.4 Å². The van der Waals surface area contributed by atoms with Gasteiger partial charge >= 0.3 is 0 Å². The number of aromatic nitrogens is 2. The second-order valence-corrected chi connectivity index (χ2v) is 6.95. The van der Waals surface area contributed by atoms with Crippen LogP contribution in [0.3, 0.4) is 0 Å². The maximum absolute atomic E-state index is 5.69. The highest BCUT2D eigenvalue weighted by molar-refractivity contribution is 14.0. The van der Waals surface area contributed by atoms with Gasteiger partial charge in [-0.2, -0.15) is 0 Å². The lowest BCUT2D eigenvalue weighted by atomic mass is 10.1. The van der Waals surface area contributed by atoms with Crippen molar-refractivity contribution in [2.75, 3.05) is 46.6 Å². The van der Waals surface area contributed by atoms with Gasteiger partial charge in [-0.15, -0.1) is 24.0 Å². The van der Waals surface area contributed by atoms with Crippen molar-refractivity contribution in [2.24, 2.45) is 10.9 Å². The fraction of sp³-hybridized carbons (Fsp3) is 0.524. The van der Waals surface area contributed by atoms with E-state index in [-0.39, 0.29) is 24.0 Å². The van der Waals surface area contributed by atoms with Gasteiger partial charge in [-0.25, -0.2) is 9.98 Å². The molecule has 1 atom stereocenters. The molecular formula is C21H32IN5O2. The van der Waals surface area contributed by atoms with Crippen LogP contribution in [0, 0.1) is 5.92 Å². The van der Waals surface area contributed by atoms with Crippen molar-refractivity contribution < 1.29 is 9.47 Å². The van der Waals surface area contributed by atoms with E-state index in [4.69, 9.17) is 14.5 Å². The van der Waals surface area contributed by atoms with Crippen LogP contribution in [0.4, 0.5) is 0 Å². The number of aromatic amines is 1. The van der Waals surface area contributed by atoms with E-state index < -0.39 is 0 Å². The first kappa shape index (κ1) is 23.6. The number of imidazole rings is 1. The average Bonchev–Trinajstić information content (AvgIpc) is 3.39. The summed E-state index contributed by atoms with van der Waals surface area (Å²) in [5, 5.41) is 3.40. The summed E-state index contributed by atoms with van der Waals surface area (Å²) in [6.07, 6.45) is 2.99. The van der Waals surface area contributed by atoms with E-state index in [9.17, 15) is 0 Å². The summed E-state index contributed by atoms with van der Waals surface area (Å²) < 4.78 is 10.7. The molecule has 0 saturated carbocycles. The molecule has 3 rings (SSSR count). The Bertz CT molecular complexity index is 738. The number of ether oxygens (including phenoxy) is 2. The second-order valence-electron chi connectivity index (χ2n) is 6.95. The molecule has 0 radical (unpaired) electrons. The van der Waals surface area contributed by atoms with Gasteiger partial charge in [-0.3, -0.25) is 0 Å². The molecule has 0 bridgehead atoms. The Kier molecular flexibility index (Phi) is 10.4. The molecule has 7 nitrogen and oxygen atoms in total. The van der Waals surface area contributed by atoms with Crippen molar-refractivity contribution >= 4 is 29.9 Å². The first-order valence-electron chi connectivity index (χ1n) is 9.99. The number of rotatable bonds is 9. The molecule has 2 aromatic rings. The Morgan fingerprint density at radius 1 is 1.31 bits per heavy atom. The lowest BCUT2D eigenvalue weighted by Gasteiger charge is -2.21. The number of nitrogens with one attached hydrogen (secondary N) is 2. The molecule has 1 aromatic heterocycles. The Labute approximate surface area is 190 Å². The van der Waals surface area contributed by atoms with Crippen LogP contribution >= 0.6 is 24.0 Å². The summed E-state index contributed by atoms with van der Waals surface area (Å²) in [6, 6.07) is 10.2. The standard InChI is InChI=1S/C21H31N5O2.HI/c1-3-22-21(26-10-9-17(15-26)16-28-12-11-27-2)24-14-20-23-13-19(25-20)18-7-5-4-6-8-18;/h4-8,13,17H,3,9-12,14-16H2,1-2H3,(H,22,24)(H,23,25);1H. The Morgan fingerprint density at radius 3 is 2.90 bits per heavy atom. The van der Waals surface area contributed by atoms with Crippen LogP contribution < -0.4 is 5.32 Å². The summed E-state index contributed by atoms with van der Waals surface area (Å²) in [7, 11) is 1.70. The number of hydrogen-bond donors (Lipinski definition) is 2. The van der Waals surface area contributed by atoms with Gasteiger partial charge in [0.2, 0.25) is 0 Å². The minimum absolute atomic E-state index is 0. The van der Waals surface area contributed by atoms with Gasteiger partial charge in [0.05, 0.1) is 31.7 Å². The largest absolute Gasteiger partial charge is 0.382 e. The van der Waals surface area contributed by atoms with E-state index in [1.165, 1.54) is 0 Å². The predicted octanol–water partition coefficient (Wildman–Crippen LogP) is 3.15. The number of H-pyrrole nitrogens is 1. The zero-order valence-corrected chi connectivity index (χ0v) is 19.6. The Hall–Kier alpha value is -1.65. The van der Waals surface area contributed by atoms with Crippen LogP contribution in [0.25, 0.3) is 11.3 Å². The zero-order valence-electron chi connectivity index (χ0n) is 17.3. The van der Waals surface area contributed by atoms with E-state index in [2.05, 4.69) is 39.2 Å². The van der Waals surface area contributed by atoms with Crippen LogP contribution in [0.1, 0.15) is 19.2 Å². The molecule has 1 fully saturated rings. The number of methoxy groups -OCH3 is 1. The molecule has 2 heterocycles. The molecule has 0 aliphatic carbocycles. The molecular weight excluding hydrogens is 481 g/mol. The van der Waals surface area contributed by atoms with Gasteiger partial charge in [0.15, 0.2) is 5.96 Å². The number of likely N-dealkylation sites (tertiary alicyclic amines) is 1. The number of aliphatic imine (C=N–C) groups is 1. The third-order valence-electron chi connectivity index (χ3n) is 4.80. The van der Waals surface area contributed by atoms with E-state index in [0.29, 0.717) is 25.7 Å². The fourth-order valence-corrected chi connectivity index (χ4v) is 3.34. The van der Waals surface area contributed by atoms with Crippen LogP contribution in [-0.2, 0) is 16.0 Å². The summed E-state index contributed by atoms with van der Waals surface area (Å²) in [4.78, 5) is 15.0. The van der Waals surface area contributed by atoms with Gasteiger partial charge < -0.3 is 24.7 Å². The smallest absolute Gasteiger partial charge is 0.194 e. The van der Waals surface area contributed by atoms with Gasteiger partial charge in [-0.05, 0) is 18.9 Å². The van der Waals surface area contributed by atoms with Crippen molar-refractivity contribution in [1.82, 2.24) is 20.2 Å². The topological polar surface area (TPSA) is 74.8 Å². The van der Waals surface area contributed by atoms with Crippen LogP contribution in [0.5, 0.6) is 0 Å². The van der Waals surface area contributed by atoms with Crippen molar-refractivity contribution in [3.63, 3.8) is 0 Å². The van der Waals surface area contributed by atoms with E-state index in [1.807, 2.05) is 24.4 Å². The van der Waals surface area contributed by atoms with Gasteiger partial charge in [0.1, 0.15) is 12.4 Å². The predicted molar refractivity (Wildman–Crippen MR) is 127 cm³/mol. The maximum Gasteiger partial charge on any atom is 0.194 e. The lowest BCUT2D eigenvalue weighted by molar-refractivity contribution is 0.0536. The van der Waals surface area contributed by atoms with Gasteiger partial charge in [0.25, 0.3) is 0 Å². The van der Waals surface area contributed by atoms with Crippen molar-refractivity contribution in [3.8, 4) is 11.3 Å². The normalized spacial score (nSPS) is 16.7. The molecule has 1 aliphatic heterocycles. The molecule has 1 aromatic carbocycles. The molecule has 1 unspecified atom stereocenters. The van der Waals surface area contributed by atoms with E-state index in [1.54, 1.807) is 7.11 Å². The zero-order chi connectivity index (χ0) is 19.6. The Morgan fingerprint density at radius 2 is 2.14 bits per heavy atom. The maximum atomic E-state index is 5.69. The lowest BCUT2D eigenvalue weighted by Crippen LogP contribution is -2.40. The third-order valence-corrected chi connectivity index (χ3v) is 4.80. The van der Waals surface area contributed by atoms with Gasteiger partial charge in [0, 0.05) is 32.7 Å². The fourth-order valence-electron chi connectivity index (χ4n) is 3.34. The minimum atomic E-state index is 0. The highest BCUT2D eigenvalue weighted by Crippen LogP contribution is 2.18. The number of guanidine groups is 1. The quantitative estimate of drug-likeness (QED) is 0.233. The average molecular weight is 513 g/mol. The van der Waals surface area contributed by atoms with Crippen LogP contribution in [-0.4, -0.2) is 67.4 Å². The highest BCUT2D eigenvalue weighted by atomic mass is 127.